The summed E-state index contributed by atoms with van der Waals surface area (Å²) < 4.78 is 5.39. The largest absolute Gasteiger partial charge is 0.496 e. The van der Waals surface area contributed by atoms with Crippen LogP contribution in [-0.4, -0.2) is 36.1 Å². The fourth-order valence-electron chi connectivity index (χ4n) is 2.11. The number of methoxy groups -OCH3 is 1. The number of nitrogens with two attached hydrogens (primary N) is 1. The molecule has 0 saturated carbocycles. The second-order valence-corrected chi connectivity index (χ2v) is 5.62. The van der Waals surface area contributed by atoms with Crippen molar-refractivity contribution in [3.63, 3.8) is 0 Å². The summed E-state index contributed by atoms with van der Waals surface area (Å²) in [6.07, 6.45) is 0. The first kappa shape index (κ1) is 12.6. The van der Waals surface area contributed by atoms with E-state index in [9.17, 15) is 0 Å². The van der Waals surface area contributed by atoms with Crippen molar-refractivity contribution in [2.45, 2.75) is 19.5 Å². The van der Waals surface area contributed by atoms with Crippen LogP contribution in [0.4, 0.5) is 5.69 Å². The van der Waals surface area contributed by atoms with Gasteiger partial charge in [0.05, 0.1) is 7.11 Å². The lowest BCUT2D eigenvalue weighted by atomic mass is 10.1. The first-order valence-corrected chi connectivity index (χ1v) is 7.10. The molecule has 0 amide bonds. The second-order valence-electron chi connectivity index (χ2n) is 4.47. The molecule has 2 N–H and O–H groups in total. The quantitative estimate of drug-likeness (QED) is 0.837. The maximum absolute atomic E-state index is 5.77. The molecule has 1 fully saturated rings. The van der Waals surface area contributed by atoms with Crippen molar-refractivity contribution in [3.8, 4) is 5.75 Å². The van der Waals surface area contributed by atoms with Gasteiger partial charge < -0.3 is 10.5 Å². The van der Waals surface area contributed by atoms with Crippen molar-refractivity contribution < 1.29 is 4.74 Å². The van der Waals surface area contributed by atoms with Gasteiger partial charge in [0, 0.05) is 48.0 Å². The zero-order valence-corrected chi connectivity index (χ0v) is 11.3. The van der Waals surface area contributed by atoms with Crippen LogP contribution in [0.1, 0.15) is 12.5 Å². The van der Waals surface area contributed by atoms with E-state index in [1.54, 1.807) is 7.11 Å². The maximum atomic E-state index is 5.77. The monoisotopic (exact) mass is 252 g/mol. The Bertz CT molecular complexity index is 384. The Morgan fingerprint density at radius 3 is 3.06 bits per heavy atom. The summed E-state index contributed by atoms with van der Waals surface area (Å²) in [4.78, 5) is 2.50. The SMILES string of the molecule is COc1cc(N)ccc1CN1CCSCC1C. The molecule has 3 nitrogen and oxygen atoms in total. The molecule has 2 rings (SSSR count). The molecular formula is C13H20N2OS. The molecule has 1 aromatic carbocycles. The van der Waals surface area contributed by atoms with Gasteiger partial charge in [0.2, 0.25) is 0 Å². The van der Waals surface area contributed by atoms with Crippen molar-refractivity contribution in [3.05, 3.63) is 23.8 Å². The van der Waals surface area contributed by atoms with Gasteiger partial charge in [-0.2, -0.15) is 11.8 Å². The van der Waals surface area contributed by atoms with Gasteiger partial charge in [-0.3, -0.25) is 4.90 Å². The number of ether oxygens (including phenoxy) is 1. The topological polar surface area (TPSA) is 38.5 Å². The fraction of sp³-hybridized carbons (Fsp3) is 0.538. The molecule has 1 aliphatic heterocycles. The smallest absolute Gasteiger partial charge is 0.125 e. The van der Waals surface area contributed by atoms with Gasteiger partial charge in [-0.1, -0.05) is 6.07 Å². The Morgan fingerprint density at radius 2 is 2.35 bits per heavy atom. The first-order chi connectivity index (χ1) is 8.20. The summed E-state index contributed by atoms with van der Waals surface area (Å²) in [6, 6.07) is 6.55. The molecule has 94 valence electrons. The van der Waals surface area contributed by atoms with Gasteiger partial charge in [0.1, 0.15) is 5.75 Å². The Balaban J connectivity index is 2.11. The summed E-state index contributed by atoms with van der Waals surface area (Å²) in [5.41, 5.74) is 7.75. The number of anilines is 1. The third-order valence-corrected chi connectivity index (χ3v) is 4.38. The van der Waals surface area contributed by atoms with Gasteiger partial charge in [-0.05, 0) is 13.0 Å². The average Bonchev–Trinajstić information content (AvgIpc) is 2.34. The van der Waals surface area contributed by atoms with Crippen LogP contribution in [0.15, 0.2) is 18.2 Å². The van der Waals surface area contributed by atoms with Crippen molar-refractivity contribution in [1.82, 2.24) is 4.90 Å². The number of thioether (sulfide) groups is 1. The van der Waals surface area contributed by atoms with Crippen molar-refractivity contribution >= 4 is 17.4 Å². The normalized spacial score (nSPS) is 21.4. The second kappa shape index (κ2) is 5.65. The van der Waals surface area contributed by atoms with E-state index in [0.29, 0.717) is 6.04 Å². The number of hydrogen-bond donors (Lipinski definition) is 1. The average molecular weight is 252 g/mol. The lowest BCUT2D eigenvalue weighted by Crippen LogP contribution is -2.39. The van der Waals surface area contributed by atoms with Crippen molar-refractivity contribution in [2.75, 3.05) is 30.9 Å². The number of hydrogen-bond acceptors (Lipinski definition) is 4. The van der Waals surface area contributed by atoms with Crippen molar-refractivity contribution in [2.24, 2.45) is 0 Å². The lowest BCUT2D eigenvalue weighted by molar-refractivity contribution is 0.221. The highest BCUT2D eigenvalue weighted by Crippen LogP contribution is 2.25. The Morgan fingerprint density at radius 1 is 1.53 bits per heavy atom. The minimum atomic E-state index is 0.635. The minimum absolute atomic E-state index is 0.635. The molecule has 1 unspecified atom stereocenters. The zero-order valence-electron chi connectivity index (χ0n) is 10.5. The molecule has 1 aromatic rings. The number of nitrogens with zero attached hydrogens (tertiary/aromatic N) is 1. The molecule has 0 aliphatic carbocycles. The summed E-state index contributed by atoms with van der Waals surface area (Å²) >= 11 is 2.04. The highest BCUT2D eigenvalue weighted by Gasteiger charge is 2.19. The summed E-state index contributed by atoms with van der Waals surface area (Å²) in [5.74, 6) is 3.34. The molecule has 0 bridgehead atoms. The van der Waals surface area contributed by atoms with E-state index in [1.165, 1.54) is 17.1 Å². The molecule has 0 radical (unpaired) electrons. The first-order valence-electron chi connectivity index (χ1n) is 5.95. The van der Waals surface area contributed by atoms with Crippen LogP contribution in [0.25, 0.3) is 0 Å². The lowest BCUT2D eigenvalue weighted by Gasteiger charge is -2.33. The predicted molar refractivity (Wildman–Crippen MR) is 74.6 cm³/mol. The third kappa shape index (κ3) is 3.07. The van der Waals surface area contributed by atoms with E-state index >= 15 is 0 Å². The van der Waals surface area contributed by atoms with E-state index in [2.05, 4.69) is 17.9 Å². The maximum Gasteiger partial charge on any atom is 0.125 e. The van der Waals surface area contributed by atoms with Gasteiger partial charge in [-0.15, -0.1) is 0 Å². The van der Waals surface area contributed by atoms with Crippen LogP contribution >= 0.6 is 11.8 Å². The van der Waals surface area contributed by atoms with E-state index in [0.717, 1.165) is 24.5 Å². The van der Waals surface area contributed by atoms with Gasteiger partial charge >= 0.3 is 0 Å². The van der Waals surface area contributed by atoms with E-state index < -0.39 is 0 Å². The minimum Gasteiger partial charge on any atom is -0.496 e. The van der Waals surface area contributed by atoms with Crippen LogP contribution in [0.2, 0.25) is 0 Å². The summed E-state index contributed by atoms with van der Waals surface area (Å²) in [7, 11) is 1.70. The molecule has 0 spiro atoms. The van der Waals surface area contributed by atoms with Gasteiger partial charge in [0.15, 0.2) is 0 Å². The number of rotatable bonds is 3. The number of nitrogen functional groups attached to an aromatic ring is 1. The van der Waals surface area contributed by atoms with Crippen LogP contribution in [0.3, 0.4) is 0 Å². The van der Waals surface area contributed by atoms with Gasteiger partial charge in [-0.25, -0.2) is 0 Å². The predicted octanol–water partition coefficient (Wildman–Crippen LogP) is 2.21. The van der Waals surface area contributed by atoms with Crippen LogP contribution in [0.5, 0.6) is 5.75 Å². The molecule has 1 saturated heterocycles. The van der Waals surface area contributed by atoms with E-state index in [1.807, 2.05) is 23.9 Å². The summed E-state index contributed by atoms with van der Waals surface area (Å²) in [6.45, 7) is 4.39. The van der Waals surface area contributed by atoms with Gasteiger partial charge in [0.25, 0.3) is 0 Å². The standard InChI is InChI=1S/C13H20N2OS/c1-10-9-17-6-5-15(10)8-11-3-4-12(14)7-13(11)16-2/h3-4,7,10H,5-6,8-9,14H2,1-2H3. The molecular weight excluding hydrogens is 232 g/mol. The Hall–Kier alpha value is -0.870. The van der Waals surface area contributed by atoms with Crippen LogP contribution in [0, 0.1) is 0 Å². The molecule has 17 heavy (non-hydrogen) atoms. The Kier molecular flexibility index (Phi) is 4.18. The molecule has 1 heterocycles. The molecule has 1 aliphatic rings. The molecule has 1 atom stereocenters. The van der Waals surface area contributed by atoms with Crippen molar-refractivity contribution in [1.29, 1.82) is 0 Å². The van der Waals surface area contributed by atoms with E-state index in [4.69, 9.17) is 10.5 Å². The third-order valence-electron chi connectivity index (χ3n) is 3.19. The van der Waals surface area contributed by atoms with Crippen LogP contribution in [-0.2, 0) is 6.54 Å². The Labute approximate surface area is 107 Å². The van der Waals surface area contributed by atoms with Crippen LogP contribution < -0.4 is 10.5 Å². The van der Waals surface area contributed by atoms with E-state index in [-0.39, 0.29) is 0 Å². The highest BCUT2D eigenvalue weighted by molar-refractivity contribution is 7.99. The number of benzene rings is 1. The highest BCUT2D eigenvalue weighted by atomic mass is 32.2. The molecule has 4 heteroatoms. The molecule has 0 aromatic heterocycles. The zero-order chi connectivity index (χ0) is 12.3. The fourth-order valence-corrected chi connectivity index (χ4v) is 3.19. The summed E-state index contributed by atoms with van der Waals surface area (Å²) in [5, 5.41) is 0.